The van der Waals surface area contributed by atoms with Gasteiger partial charge in [-0.15, -0.1) is 11.5 Å². The van der Waals surface area contributed by atoms with Gasteiger partial charge in [0.25, 0.3) is 5.56 Å². The van der Waals surface area contributed by atoms with Gasteiger partial charge in [-0.05, 0) is 137 Å². The zero-order valence-corrected chi connectivity index (χ0v) is 38.3. The molecular weight excluding hydrogens is 824 g/mol. The van der Waals surface area contributed by atoms with Crippen molar-refractivity contribution in [2.24, 2.45) is 11.8 Å². The molecule has 2 amide bonds. The smallest absolute Gasteiger partial charge is 0.282 e. The van der Waals surface area contributed by atoms with Crippen LogP contribution in [-0.2, 0) is 15.0 Å². The monoisotopic (exact) mass is 882 g/mol. The normalized spacial score (nSPS) is 23.1. The van der Waals surface area contributed by atoms with E-state index in [1.165, 1.54) is 16.0 Å². The lowest BCUT2D eigenvalue weighted by molar-refractivity contribution is -0.142. The number of terminal acetylenes is 1. The summed E-state index contributed by atoms with van der Waals surface area (Å²) in [5, 5.41) is 23.8. The molecular formula is C51H59ClN8O4. The maximum absolute atomic E-state index is 14.3. The van der Waals surface area contributed by atoms with Crippen LogP contribution in [0.3, 0.4) is 0 Å². The first-order chi connectivity index (χ1) is 30.7. The van der Waals surface area contributed by atoms with Gasteiger partial charge in [0.1, 0.15) is 17.9 Å². The van der Waals surface area contributed by atoms with Gasteiger partial charge >= 0.3 is 0 Å². The highest BCUT2D eigenvalue weighted by atomic mass is 35.5. The van der Waals surface area contributed by atoms with Crippen molar-refractivity contribution in [3.63, 3.8) is 0 Å². The molecule has 0 bridgehead atoms. The number of halogens is 1. The molecule has 0 spiro atoms. The van der Waals surface area contributed by atoms with Crippen LogP contribution in [0.15, 0.2) is 71.7 Å². The van der Waals surface area contributed by atoms with E-state index in [9.17, 15) is 19.5 Å². The maximum Gasteiger partial charge on any atom is 0.282 e. The molecule has 3 aliphatic heterocycles. The highest BCUT2D eigenvalue weighted by Gasteiger charge is 2.44. The Morgan fingerprint density at radius 1 is 0.984 bits per heavy atom. The van der Waals surface area contributed by atoms with Crippen LogP contribution in [0.25, 0.3) is 16.6 Å². The molecule has 4 aliphatic rings. The third-order valence-electron chi connectivity index (χ3n) is 14.7. The lowest BCUT2D eigenvalue weighted by Crippen LogP contribution is -2.49. The number of β-amino-alcohol motifs (C(OH)–C–C–N with tert-alkyl or cyclic N) is 1. The summed E-state index contributed by atoms with van der Waals surface area (Å²) in [7, 11) is 0. The van der Waals surface area contributed by atoms with Crippen LogP contribution in [-0.4, -0.2) is 89.6 Å². The van der Waals surface area contributed by atoms with E-state index in [0.717, 1.165) is 92.0 Å². The number of amides is 2. The third-order valence-corrected chi connectivity index (χ3v) is 15.0. The topological polar surface area (TPSA) is 138 Å². The van der Waals surface area contributed by atoms with E-state index in [1.807, 2.05) is 63.4 Å². The summed E-state index contributed by atoms with van der Waals surface area (Å²) < 4.78 is 3.84. The Hall–Kier alpha value is -5.35. The number of aliphatic hydroxyl groups excluding tert-OH is 1. The second-order valence-electron chi connectivity index (χ2n) is 19.6. The number of carbonyl (C=O) groups is 2. The van der Waals surface area contributed by atoms with Crippen LogP contribution in [0, 0.1) is 24.2 Å². The number of piperidine rings is 1. The van der Waals surface area contributed by atoms with Gasteiger partial charge < -0.3 is 20.2 Å². The fourth-order valence-corrected chi connectivity index (χ4v) is 11.3. The molecule has 5 heterocycles. The summed E-state index contributed by atoms with van der Waals surface area (Å²) in [5.41, 5.74) is 6.30. The van der Waals surface area contributed by atoms with Crippen molar-refractivity contribution in [3.8, 4) is 18.0 Å². The first-order valence-corrected chi connectivity index (χ1v) is 23.5. The molecule has 4 atom stereocenters. The average Bonchev–Trinajstić information content (AvgIpc) is 3.99. The molecule has 13 heteroatoms. The number of benzene rings is 3. The van der Waals surface area contributed by atoms with Crippen LogP contribution >= 0.6 is 11.6 Å². The first kappa shape index (κ1) is 43.9. The van der Waals surface area contributed by atoms with Gasteiger partial charge in [-0.25, -0.2) is 4.68 Å². The minimum absolute atomic E-state index is 0.0892. The number of carbonyl (C=O) groups excluding carboxylic acids is 2. The van der Waals surface area contributed by atoms with Crippen molar-refractivity contribution >= 4 is 34.3 Å². The average molecular weight is 884 g/mol. The highest BCUT2D eigenvalue weighted by molar-refractivity contribution is 6.35. The molecule has 1 saturated carbocycles. The lowest BCUT2D eigenvalue weighted by Gasteiger charge is -2.36. The van der Waals surface area contributed by atoms with E-state index in [2.05, 4.69) is 68.0 Å². The standard InChI is InChI=1S/C51H59ClN8O4/c1-7-32-11-15-34(16-12-32)31(4)53-47(62)44-26-38(61)28-58(44)49(64)46(30(2)3)59-29-41(55-56-59)36-17-13-33(14-18-36)27-57-23-21-35(22-24-57)37-19-20-39-43(25-37)60-42-10-8-9-40(52)45(42)48(63)54-50(60)51(39,5)6/h1,8-12,15-16,19-20,25,29-31,33,35-36,38,44,46,61H,13-14,17-18,21-24,26-28H2,2-6H3,(H,53,62)/t31-,33?,36?,38+,44-,46-/m0/s1. The maximum atomic E-state index is 14.3. The van der Waals surface area contributed by atoms with Gasteiger partial charge in [0.15, 0.2) is 0 Å². The second-order valence-corrected chi connectivity index (χ2v) is 20.0. The van der Waals surface area contributed by atoms with Crippen molar-refractivity contribution in [1.82, 2.24) is 39.7 Å². The second kappa shape index (κ2) is 17.6. The summed E-state index contributed by atoms with van der Waals surface area (Å²) in [4.78, 5) is 49.7. The number of aliphatic hydroxyl groups is 1. The van der Waals surface area contributed by atoms with Crippen LogP contribution in [0.5, 0.6) is 0 Å². The number of fused-ring (bicyclic) bond motifs is 5. The lowest BCUT2D eigenvalue weighted by atomic mass is 9.80. The quantitative estimate of drug-likeness (QED) is 0.138. The molecule has 5 aromatic rings. The molecule has 9 rings (SSSR count). The molecule has 334 valence electrons. The van der Waals surface area contributed by atoms with Gasteiger partial charge in [0.2, 0.25) is 11.8 Å². The number of likely N-dealkylation sites (tertiary alicyclic amines) is 2. The van der Waals surface area contributed by atoms with Gasteiger partial charge in [-0.2, -0.15) is 4.98 Å². The Labute approximate surface area is 380 Å². The molecule has 64 heavy (non-hydrogen) atoms. The van der Waals surface area contributed by atoms with Gasteiger partial charge in [0.05, 0.1) is 44.9 Å². The molecule has 12 nitrogen and oxygen atoms in total. The first-order valence-electron chi connectivity index (χ1n) is 23.1. The van der Waals surface area contributed by atoms with Crippen molar-refractivity contribution in [1.29, 1.82) is 0 Å². The van der Waals surface area contributed by atoms with Gasteiger partial charge in [-0.3, -0.25) is 19.0 Å². The van der Waals surface area contributed by atoms with E-state index in [4.69, 9.17) is 18.0 Å². The van der Waals surface area contributed by atoms with E-state index >= 15 is 0 Å². The number of nitrogens with one attached hydrogen (secondary N) is 1. The van der Waals surface area contributed by atoms with Gasteiger partial charge in [-0.1, -0.05) is 66.9 Å². The summed E-state index contributed by atoms with van der Waals surface area (Å²) in [6.07, 6.45) is 13.3. The Morgan fingerprint density at radius 2 is 1.72 bits per heavy atom. The van der Waals surface area contributed by atoms with Crippen LogP contribution in [0.4, 0.5) is 0 Å². The SMILES string of the molecule is C#Cc1ccc([C@H](C)NC(=O)[C@@H]2C[C@@H](O)CN2C(=O)[C@H](C(C)C)n2cc(C3CCC(CN4CCC(c5ccc6c(c5)-n5c(nc(=O)c7c(Cl)cccc75)C6(C)C)CC4)CC3)nn2)cc1. The zero-order chi connectivity index (χ0) is 45.0. The zero-order valence-electron chi connectivity index (χ0n) is 37.5. The van der Waals surface area contributed by atoms with Crippen LogP contribution in [0.1, 0.15) is 137 Å². The van der Waals surface area contributed by atoms with E-state index in [1.54, 1.807) is 10.7 Å². The number of hydrogen-bond donors (Lipinski definition) is 2. The number of nitrogens with zero attached hydrogens (tertiary/aromatic N) is 7. The Kier molecular flexibility index (Phi) is 12.0. The van der Waals surface area contributed by atoms with Crippen molar-refractivity contribution in [2.45, 2.75) is 121 Å². The molecule has 3 aromatic carbocycles. The van der Waals surface area contributed by atoms with Crippen LogP contribution < -0.4 is 10.9 Å². The summed E-state index contributed by atoms with van der Waals surface area (Å²) in [6, 6.07) is 18.2. The molecule has 2 saturated heterocycles. The summed E-state index contributed by atoms with van der Waals surface area (Å²) in [6.45, 7) is 13.4. The summed E-state index contributed by atoms with van der Waals surface area (Å²) >= 11 is 6.53. The Morgan fingerprint density at radius 3 is 2.42 bits per heavy atom. The molecule has 0 unspecified atom stereocenters. The van der Waals surface area contributed by atoms with E-state index in [0.29, 0.717) is 22.2 Å². The highest BCUT2D eigenvalue weighted by Crippen LogP contribution is 2.45. The number of rotatable bonds is 10. The number of aromatic nitrogens is 5. The fourth-order valence-electron chi connectivity index (χ4n) is 11.0. The van der Waals surface area contributed by atoms with Crippen molar-refractivity contribution in [2.75, 3.05) is 26.2 Å². The molecule has 2 N–H and O–H groups in total. The van der Waals surface area contributed by atoms with Crippen molar-refractivity contribution in [3.05, 3.63) is 116 Å². The Balaban J connectivity index is 0.793. The third kappa shape index (κ3) is 8.16. The fraction of sp³-hybridized carbons (Fsp3) is 0.490. The van der Waals surface area contributed by atoms with Crippen molar-refractivity contribution < 1.29 is 14.7 Å². The van der Waals surface area contributed by atoms with Crippen LogP contribution in [0.2, 0.25) is 5.02 Å². The largest absolute Gasteiger partial charge is 0.391 e. The molecule has 0 radical (unpaired) electrons. The molecule has 3 fully saturated rings. The van der Waals surface area contributed by atoms with E-state index in [-0.39, 0.29) is 48.2 Å². The minimum atomic E-state index is -0.795. The Bertz CT molecular complexity index is 2670. The predicted octanol–water partition coefficient (Wildman–Crippen LogP) is 7.44. The van der Waals surface area contributed by atoms with Gasteiger partial charge in [0, 0.05) is 37.2 Å². The minimum Gasteiger partial charge on any atom is -0.391 e. The molecule has 2 aromatic heterocycles. The predicted molar refractivity (Wildman–Crippen MR) is 249 cm³/mol. The number of hydrogen-bond acceptors (Lipinski definition) is 8. The molecule has 1 aliphatic carbocycles. The summed E-state index contributed by atoms with van der Waals surface area (Å²) in [5.74, 6) is 4.07. The van der Waals surface area contributed by atoms with E-state index < -0.39 is 23.6 Å².